The fraction of sp³-hybridized carbons (Fsp3) is 0.267. The van der Waals surface area contributed by atoms with Gasteiger partial charge in [0.2, 0.25) is 17.8 Å². The number of nitrogens with one attached hydrogen (secondary N) is 4. The maximum absolute atomic E-state index is 12.0. The summed E-state index contributed by atoms with van der Waals surface area (Å²) < 4.78 is 11.2. The van der Waals surface area contributed by atoms with E-state index in [1.54, 1.807) is 12.1 Å². The normalized spacial score (nSPS) is 10.6. The molecule has 0 unspecified atom stereocenters. The second-order valence-corrected chi connectivity index (χ2v) is 8.76. The van der Waals surface area contributed by atoms with Gasteiger partial charge in [-0.25, -0.2) is 0 Å². The van der Waals surface area contributed by atoms with Crippen molar-refractivity contribution in [2.24, 2.45) is 0 Å². The van der Waals surface area contributed by atoms with Crippen LogP contribution in [0.4, 0.5) is 17.8 Å². The summed E-state index contributed by atoms with van der Waals surface area (Å²) in [5, 5.41) is 12.6. The first-order chi connectivity index (χ1) is 19.8. The van der Waals surface area contributed by atoms with E-state index in [9.17, 15) is 4.79 Å². The molecule has 1 amide bonds. The fourth-order valence-electron chi connectivity index (χ4n) is 3.65. The van der Waals surface area contributed by atoms with E-state index in [0.29, 0.717) is 76.0 Å². The maximum atomic E-state index is 12.0. The predicted octanol–water partition coefficient (Wildman–Crippen LogP) is 3.97. The third kappa shape index (κ3) is 10.3. The Morgan fingerprint density at radius 1 is 0.550 bits per heavy atom. The number of anilines is 3. The van der Waals surface area contributed by atoms with Crippen LogP contribution < -0.4 is 21.3 Å². The molecule has 0 spiro atoms. The van der Waals surface area contributed by atoms with Crippen molar-refractivity contribution in [1.82, 2.24) is 20.3 Å². The van der Waals surface area contributed by atoms with E-state index in [-0.39, 0.29) is 5.91 Å². The molecular formula is C30H35N7O3. The highest BCUT2D eigenvalue weighted by Gasteiger charge is 2.07. The fourth-order valence-corrected chi connectivity index (χ4v) is 3.65. The average Bonchev–Trinajstić information content (AvgIpc) is 3.01. The van der Waals surface area contributed by atoms with Gasteiger partial charge in [-0.05, 0) is 23.3 Å². The second kappa shape index (κ2) is 16.4. The third-order valence-electron chi connectivity index (χ3n) is 5.69. The number of benzene rings is 3. The van der Waals surface area contributed by atoms with Gasteiger partial charge < -0.3 is 30.7 Å². The molecule has 0 bridgehead atoms. The van der Waals surface area contributed by atoms with Crippen LogP contribution in [0.1, 0.15) is 21.5 Å². The second-order valence-electron chi connectivity index (χ2n) is 8.76. The molecule has 10 heteroatoms. The minimum Gasteiger partial charge on any atom is -0.377 e. The van der Waals surface area contributed by atoms with Crippen LogP contribution in [0.5, 0.6) is 0 Å². The van der Waals surface area contributed by atoms with Crippen molar-refractivity contribution in [2.45, 2.75) is 13.1 Å². The molecule has 10 nitrogen and oxygen atoms in total. The number of rotatable bonds is 17. The first-order valence-electron chi connectivity index (χ1n) is 13.3. The molecule has 0 saturated heterocycles. The molecule has 0 aliphatic rings. The number of carbonyl (C=O) groups excluding carboxylic acids is 1. The minimum atomic E-state index is -0.110. The first-order valence-corrected chi connectivity index (χ1v) is 13.3. The van der Waals surface area contributed by atoms with Crippen LogP contribution in [0.15, 0.2) is 91.0 Å². The van der Waals surface area contributed by atoms with Crippen molar-refractivity contribution in [2.75, 3.05) is 55.5 Å². The molecule has 0 fully saturated rings. The zero-order valence-electron chi connectivity index (χ0n) is 22.4. The zero-order chi connectivity index (χ0) is 27.7. The molecule has 1 aromatic heterocycles. The van der Waals surface area contributed by atoms with Crippen LogP contribution in [-0.4, -0.2) is 60.4 Å². The van der Waals surface area contributed by atoms with E-state index in [2.05, 4.69) is 36.2 Å². The summed E-state index contributed by atoms with van der Waals surface area (Å²) in [5.41, 5.74) is 2.89. The van der Waals surface area contributed by atoms with E-state index in [1.807, 2.05) is 78.9 Å². The van der Waals surface area contributed by atoms with Crippen LogP contribution in [0, 0.1) is 0 Å². The van der Waals surface area contributed by atoms with Gasteiger partial charge in [0.15, 0.2) is 0 Å². The van der Waals surface area contributed by atoms with Crippen molar-refractivity contribution in [3.8, 4) is 0 Å². The van der Waals surface area contributed by atoms with Crippen molar-refractivity contribution < 1.29 is 14.3 Å². The summed E-state index contributed by atoms with van der Waals surface area (Å²) in [6, 6.07) is 29.3. The summed E-state index contributed by atoms with van der Waals surface area (Å²) in [7, 11) is 0. The van der Waals surface area contributed by atoms with Crippen LogP contribution in [0.3, 0.4) is 0 Å². The van der Waals surface area contributed by atoms with E-state index < -0.39 is 0 Å². The number of hydrogen-bond acceptors (Lipinski definition) is 9. The monoisotopic (exact) mass is 541 g/mol. The van der Waals surface area contributed by atoms with Crippen LogP contribution in [0.2, 0.25) is 0 Å². The van der Waals surface area contributed by atoms with Crippen LogP contribution in [0.25, 0.3) is 0 Å². The first kappa shape index (κ1) is 28.5. The summed E-state index contributed by atoms with van der Waals surface area (Å²) in [6.45, 7) is 3.92. The predicted molar refractivity (Wildman–Crippen MR) is 156 cm³/mol. The molecule has 3 aromatic carbocycles. The Labute approximate surface area is 234 Å². The third-order valence-corrected chi connectivity index (χ3v) is 5.69. The van der Waals surface area contributed by atoms with Crippen LogP contribution >= 0.6 is 0 Å². The molecule has 0 radical (unpaired) electrons. The van der Waals surface area contributed by atoms with E-state index in [1.165, 1.54) is 0 Å². The van der Waals surface area contributed by atoms with E-state index >= 15 is 0 Å². The van der Waals surface area contributed by atoms with Gasteiger partial charge >= 0.3 is 0 Å². The molecule has 0 aliphatic carbocycles. The number of hydrogen-bond donors (Lipinski definition) is 4. The lowest BCUT2D eigenvalue weighted by Crippen LogP contribution is -2.27. The van der Waals surface area contributed by atoms with Crippen molar-refractivity contribution in [3.63, 3.8) is 0 Å². The van der Waals surface area contributed by atoms with Gasteiger partial charge in [-0.1, -0.05) is 78.9 Å². The molecule has 0 aliphatic heterocycles. The van der Waals surface area contributed by atoms with Gasteiger partial charge in [-0.3, -0.25) is 4.79 Å². The Morgan fingerprint density at radius 3 is 1.52 bits per heavy atom. The Morgan fingerprint density at radius 2 is 1.00 bits per heavy atom. The summed E-state index contributed by atoms with van der Waals surface area (Å²) in [4.78, 5) is 25.5. The standard InChI is InChI=1S/C30H35N7O3/c38-27(26-14-8-3-9-15-26)31-16-18-39-20-21-40-19-17-32-28-35-29(33-22-24-10-4-1-5-11-24)37-30(36-28)34-23-25-12-6-2-7-13-25/h1-15H,16-23H2,(H,31,38)(H3,32,33,34,35,36,37). The smallest absolute Gasteiger partial charge is 0.251 e. The van der Waals surface area contributed by atoms with Gasteiger partial charge in [0, 0.05) is 31.7 Å². The van der Waals surface area contributed by atoms with Gasteiger partial charge in [-0.2, -0.15) is 15.0 Å². The van der Waals surface area contributed by atoms with Gasteiger partial charge in [0.25, 0.3) is 5.91 Å². The number of aromatic nitrogens is 3. The summed E-state index contributed by atoms with van der Waals surface area (Å²) >= 11 is 0. The van der Waals surface area contributed by atoms with E-state index in [0.717, 1.165) is 11.1 Å². The van der Waals surface area contributed by atoms with Gasteiger partial charge in [0.05, 0.1) is 26.4 Å². The number of nitrogens with zero attached hydrogens (tertiary/aromatic N) is 3. The lowest BCUT2D eigenvalue weighted by atomic mass is 10.2. The molecule has 0 saturated carbocycles. The van der Waals surface area contributed by atoms with Crippen molar-refractivity contribution >= 4 is 23.8 Å². The molecule has 4 aromatic rings. The molecular weight excluding hydrogens is 506 g/mol. The molecule has 4 N–H and O–H groups in total. The summed E-state index contributed by atoms with van der Waals surface area (Å²) in [5.74, 6) is 1.30. The quantitative estimate of drug-likeness (QED) is 0.147. The lowest BCUT2D eigenvalue weighted by molar-refractivity contribution is 0.0519. The Hall–Kier alpha value is -4.54. The van der Waals surface area contributed by atoms with Gasteiger partial charge in [-0.15, -0.1) is 0 Å². The van der Waals surface area contributed by atoms with Crippen molar-refractivity contribution in [3.05, 3.63) is 108 Å². The Kier molecular flexibility index (Phi) is 11.7. The van der Waals surface area contributed by atoms with Crippen molar-refractivity contribution in [1.29, 1.82) is 0 Å². The highest BCUT2D eigenvalue weighted by Crippen LogP contribution is 2.12. The maximum Gasteiger partial charge on any atom is 0.251 e. The molecule has 4 rings (SSSR count). The average molecular weight is 542 g/mol. The van der Waals surface area contributed by atoms with Gasteiger partial charge in [0.1, 0.15) is 0 Å². The molecule has 40 heavy (non-hydrogen) atoms. The Bertz CT molecular complexity index is 1220. The highest BCUT2D eigenvalue weighted by atomic mass is 16.5. The topological polar surface area (TPSA) is 122 Å². The number of amides is 1. The molecule has 1 heterocycles. The molecule has 208 valence electrons. The largest absolute Gasteiger partial charge is 0.377 e. The van der Waals surface area contributed by atoms with Crippen LogP contribution in [-0.2, 0) is 22.6 Å². The van der Waals surface area contributed by atoms with E-state index in [4.69, 9.17) is 9.47 Å². The highest BCUT2D eigenvalue weighted by molar-refractivity contribution is 5.94. The minimum absolute atomic E-state index is 0.110. The lowest BCUT2D eigenvalue weighted by Gasteiger charge is -2.12. The zero-order valence-corrected chi connectivity index (χ0v) is 22.4. The Balaban J connectivity index is 1.16. The summed E-state index contributed by atoms with van der Waals surface area (Å²) in [6.07, 6.45) is 0. The number of carbonyl (C=O) groups is 1. The molecule has 0 atom stereocenters. The number of ether oxygens (including phenoxy) is 2. The SMILES string of the molecule is O=C(NCCOCCOCCNc1nc(NCc2ccccc2)nc(NCc2ccccc2)n1)c1ccccc1.